The van der Waals surface area contributed by atoms with E-state index in [0.717, 1.165) is 18.2 Å². The second kappa shape index (κ2) is 6.02. The number of aliphatic hydroxyl groups is 1. The zero-order valence-electron chi connectivity index (χ0n) is 11.8. The summed E-state index contributed by atoms with van der Waals surface area (Å²) in [7, 11) is 0. The predicted octanol–water partition coefficient (Wildman–Crippen LogP) is 0.849. The van der Waals surface area contributed by atoms with E-state index in [1.807, 2.05) is 0 Å². The van der Waals surface area contributed by atoms with Gasteiger partial charge in [-0.3, -0.25) is 10.5 Å². The summed E-state index contributed by atoms with van der Waals surface area (Å²) in [5, 5.41) is 20.4. The molecule has 0 atom stereocenters. The Morgan fingerprint density at radius 2 is 2.10 bits per heavy atom. The molecule has 0 fully saturated rings. The third-order valence-corrected chi connectivity index (χ3v) is 3.91. The topological polar surface area (TPSA) is 125 Å². The molecule has 0 saturated heterocycles. The molecular formula is C12H21N7O. The van der Waals surface area contributed by atoms with Gasteiger partial charge in [0.25, 0.3) is 0 Å². The van der Waals surface area contributed by atoms with Crippen molar-refractivity contribution in [3.05, 3.63) is 6.20 Å². The van der Waals surface area contributed by atoms with Crippen molar-refractivity contribution >= 4 is 22.8 Å². The Morgan fingerprint density at radius 3 is 2.70 bits per heavy atom. The number of rotatable bonds is 7. The molecule has 20 heavy (non-hydrogen) atoms. The van der Waals surface area contributed by atoms with Crippen molar-refractivity contribution in [2.75, 3.05) is 23.9 Å². The molecule has 0 bridgehead atoms. The number of nitrogens with zero attached hydrogens (tertiary/aromatic N) is 3. The summed E-state index contributed by atoms with van der Waals surface area (Å²) >= 11 is 0. The molecule has 0 aromatic carbocycles. The van der Waals surface area contributed by atoms with Gasteiger partial charge >= 0.3 is 0 Å². The zero-order valence-corrected chi connectivity index (χ0v) is 11.8. The Morgan fingerprint density at radius 1 is 1.35 bits per heavy atom. The molecule has 110 valence electrons. The Kier molecular flexibility index (Phi) is 4.35. The lowest BCUT2D eigenvalue weighted by Gasteiger charge is -2.29. The number of nitrogen functional groups attached to an aromatic ring is 1. The number of aliphatic hydroxyl groups excluding tert-OH is 1. The van der Waals surface area contributed by atoms with Gasteiger partial charge in [0.2, 0.25) is 5.95 Å². The van der Waals surface area contributed by atoms with E-state index in [-0.39, 0.29) is 12.0 Å². The van der Waals surface area contributed by atoms with Crippen molar-refractivity contribution < 1.29 is 5.11 Å². The minimum atomic E-state index is -0.155. The lowest BCUT2D eigenvalue weighted by atomic mass is 9.83. The number of anilines is 2. The highest BCUT2D eigenvalue weighted by atomic mass is 16.3. The number of hydrogen-bond donors (Lipinski definition) is 5. The van der Waals surface area contributed by atoms with Crippen LogP contribution in [0.2, 0.25) is 0 Å². The van der Waals surface area contributed by atoms with Gasteiger partial charge in [0.05, 0.1) is 18.2 Å². The Labute approximate surface area is 117 Å². The van der Waals surface area contributed by atoms with Gasteiger partial charge in [0, 0.05) is 12.0 Å². The maximum atomic E-state index is 9.60. The number of hydrogen-bond acceptors (Lipinski definition) is 7. The molecule has 0 amide bonds. The molecule has 0 spiro atoms. The van der Waals surface area contributed by atoms with Gasteiger partial charge in [-0.15, -0.1) is 0 Å². The summed E-state index contributed by atoms with van der Waals surface area (Å²) in [5.41, 5.74) is 2.88. The van der Waals surface area contributed by atoms with Gasteiger partial charge in [0.15, 0.2) is 5.65 Å². The van der Waals surface area contributed by atoms with E-state index in [4.69, 9.17) is 5.84 Å². The van der Waals surface area contributed by atoms with E-state index in [1.54, 1.807) is 6.20 Å². The van der Waals surface area contributed by atoms with Crippen LogP contribution in [0, 0.1) is 5.41 Å². The van der Waals surface area contributed by atoms with E-state index in [2.05, 4.69) is 44.8 Å². The summed E-state index contributed by atoms with van der Waals surface area (Å²) in [5.74, 6) is 6.32. The number of hydrazine groups is 1. The van der Waals surface area contributed by atoms with Crippen LogP contribution in [0.1, 0.15) is 26.7 Å². The van der Waals surface area contributed by atoms with Crippen LogP contribution >= 0.6 is 0 Å². The molecule has 8 heteroatoms. The molecule has 0 aliphatic rings. The van der Waals surface area contributed by atoms with Gasteiger partial charge in [-0.05, 0) is 12.8 Å². The lowest BCUT2D eigenvalue weighted by Crippen LogP contribution is -2.32. The standard InChI is InChI=1S/C12H21N7O/c1-3-12(4-2,7-20)6-14-9-8-5-15-19-10(8)17-11(16-9)18-13/h5,20H,3-4,6-7,13H2,1-2H3,(H3,14,15,16,17,18,19). The number of aromatic nitrogens is 4. The van der Waals surface area contributed by atoms with Gasteiger partial charge in [-0.25, -0.2) is 5.84 Å². The van der Waals surface area contributed by atoms with E-state index in [0.29, 0.717) is 24.0 Å². The van der Waals surface area contributed by atoms with Crippen molar-refractivity contribution in [3.63, 3.8) is 0 Å². The molecular weight excluding hydrogens is 258 g/mol. The third kappa shape index (κ3) is 2.66. The van der Waals surface area contributed by atoms with Crippen LogP contribution in [-0.4, -0.2) is 38.4 Å². The Balaban J connectivity index is 2.26. The molecule has 8 nitrogen and oxygen atoms in total. The van der Waals surface area contributed by atoms with E-state index >= 15 is 0 Å². The summed E-state index contributed by atoms with van der Waals surface area (Å²) in [6, 6.07) is 0. The van der Waals surface area contributed by atoms with E-state index in [1.165, 1.54) is 0 Å². The van der Waals surface area contributed by atoms with Gasteiger partial charge in [-0.1, -0.05) is 13.8 Å². The normalized spacial score (nSPS) is 11.8. The minimum Gasteiger partial charge on any atom is -0.396 e. The van der Waals surface area contributed by atoms with Crippen molar-refractivity contribution in [3.8, 4) is 0 Å². The maximum Gasteiger partial charge on any atom is 0.241 e. The number of nitrogens with one attached hydrogen (secondary N) is 3. The zero-order chi connectivity index (χ0) is 14.6. The first-order chi connectivity index (χ1) is 9.68. The third-order valence-electron chi connectivity index (χ3n) is 3.91. The quantitative estimate of drug-likeness (QED) is 0.376. The number of H-pyrrole nitrogens is 1. The van der Waals surface area contributed by atoms with Gasteiger partial charge in [-0.2, -0.15) is 15.1 Å². The van der Waals surface area contributed by atoms with Crippen LogP contribution in [0.3, 0.4) is 0 Å². The summed E-state index contributed by atoms with van der Waals surface area (Å²) < 4.78 is 0. The first-order valence-electron chi connectivity index (χ1n) is 6.70. The highest BCUT2D eigenvalue weighted by molar-refractivity contribution is 5.86. The second-order valence-electron chi connectivity index (χ2n) is 4.89. The molecule has 2 aromatic rings. The average molecular weight is 279 g/mol. The molecule has 0 unspecified atom stereocenters. The fraction of sp³-hybridized carbons (Fsp3) is 0.583. The van der Waals surface area contributed by atoms with Crippen LogP contribution in [0.15, 0.2) is 6.20 Å². The highest BCUT2D eigenvalue weighted by Gasteiger charge is 2.25. The predicted molar refractivity (Wildman–Crippen MR) is 78.1 cm³/mol. The van der Waals surface area contributed by atoms with Crippen LogP contribution in [0.4, 0.5) is 11.8 Å². The van der Waals surface area contributed by atoms with Gasteiger partial charge in [0.1, 0.15) is 5.82 Å². The SMILES string of the molecule is CCC(CC)(CO)CNc1nc(NN)nc2[nH]ncc12. The monoisotopic (exact) mass is 279 g/mol. The molecule has 0 aliphatic carbocycles. The molecule has 6 N–H and O–H groups in total. The average Bonchev–Trinajstić information content (AvgIpc) is 2.97. The van der Waals surface area contributed by atoms with Gasteiger partial charge < -0.3 is 10.4 Å². The number of nitrogens with two attached hydrogens (primary N) is 1. The smallest absolute Gasteiger partial charge is 0.241 e. The van der Waals surface area contributed by atoms with E-state index < -0.39 is 0 Å². The number of aromatic amines is 1. The van der Waals surface area contributed by atoms with E-state index in [9.17, 15) is 5.11 Å². The molecule has 2 rings (SSSR count). The minimum absolute atomic E-state index is 0.134. The first kappa shape index (κ1) is 14.5. The van der Waals surface area contributed by atoms with Crippen molar-refractivity contribution in [2.24, 2.45) is 11.3 Å². The Hall–Kier alpha value is -1.93. The molecule has 0 saturated carbocycles. The first-order valence-corrected chi connectivity index (χ1v) is 6.70. The summed E-state index contributed by atoms with van der Waals surface area (Å²) in [6.45, 7) is 4.90. The summed E-state index contributed by atoms with van der Waals surface area (Å²) in [6.07, 6.45) is 3.43. The molecule has 0 aliphatic heterocycles. The fourth-order valence-electron chi connectivity index (χ4n) is 2.08. The second-order valence-corrected chi connectivity index (χ2v) is 4.89. The van der Waals surface area contributed by atoms with Crippen LogP contribution < -0.4 is 16.6 Å². The number of fused-ring (bicyclic) bond motifs is 1. The van der Waals surface area contributed by atoms with Crippen LogP contribution in [0.5, 0.6) is 0 Å². The van der Waals surface area contributed by atoms with Crippen molar-refractivity contribution in [1.29, 1.82) is 0 Å². The molecule has 2 aromatic heterocycles. The Bertz CT molecular complexity index is 556. The van der Waals surface area contributed by atoms with Crippen LogP contribution in [0.25, 0.3) is 11.0 Å². The molecule has 2 heterocycles. The fourth-order valence-corrected chi connectivity index (χ4v) is 2.08. The van der Waals surface area contributed by atoms with Crippen molar-refractivity contribution in [1.82, 2.24) is 20.2 Å². The summed E-state index contributed by atoms with van der Waals surface area (Å²) in [4.78, 5) is 8.46. The lowest BCUT2D eigenvalue weighted by molar-refractivity contribution is 0.127. The highest BCUT2D eigenvalue weighted by Crippen LogP contribution is 2.27. The maximum absolute atomic E-state index is 9.60. The van der Waals surface area contributed by atoms with Crippen molar-refractivity contribution in [2.45, 2.75) is 26.7 Å². The molecule has 0 radical (unpaired) electrons. The largest absolute Gasteiger partial charge is 0.396 e. The van der Waals surface area contributed by atoms with Crippen LogP contribution in [-0.2, 0) is 0 Å².